The van der Waals surface area contributed by atoms with Crippen LogP contribution in [0.25, 0.3) is 10.9 Å². The first-order chi connectivity index (χ1) is 9.06. The topological polar surface area (TPSA) is 127 Å². The van der Waals surface area contributed by atoms with Crippen LogP contribution in [-0.2, 0) is 0 Å². The number of aliphatic hydroxyl groups is 3. The van der Waals surface area contributed by atoms with E-state index in [1.54, 1.807) is 18.2 Å². The van der Waals surface area contributed by atoms with Crippen LogP contribution in [-0.4, -0.2) is 49.5 Å². The second-order valence-corrected chi connectivity index (χ2v) is 4.18. The minimum absolute atomic E-state index is 0.0490. The number of carbonyl (C=O) groups is 1. The number of hydrogen-bond donors (Lipinski definition) is 5. The smallest absolute Gasteiger partial charge is 0.354 e. The van der Waals surface area contributed by atoms with Crippen molar-refractivity contribution in [3.63, 3.8) is 0 Å². The average molecular weight is 266 g/mol. The van der Waals surface area contributed by atoms with Gasteiger partial charge in [0, 0.05) is 17.9 Å². The van der Waals surface area contributed by atoms with Crippen molar-refractivity contribution in [2.45, 2.75) is 18.6 Å². The van der Waals surface area contributed by atoms with E-state index in [0.717, 1.165) is 0 Å². The van der Waals surface area contributed by atoms with E-state index in [4.69, 9.17) is 10.2 Å². The van der Waals surface area contributed by atoms with E-state index in [1.165, 1.54) is 0 Å². The summed E-state index contributed by atoms with van der Waals surface area (Å²) in [6.45, 7) is -0.213. The van der Waals surface area contributed by atoms with Crippen LogP contribution >= 0.6 is 0 Å². The number of fused-ring (bicyclic) bond motifs is 1. The fraction of sp³-hybridized carbons (Fsp3) is 0.333. The number of para-hydroxylation sites is 1. The number of rotatable bonds is 5. The third kappa shape index (κ3) is 2.43. The highest BCUT2D eigenvalue weighted by Crippen LogP contribution is 2.29. The number of aromatic amines is 1. The molecule has 7 heteroatoms. The number of aromatic nitrogens is 2. The zero-order chi connectivity index (χ0) is 14.0. The standard InChI is InChI=1S/C12H14N2O5/c15-5-4-7(11(16)17)6-2-1-3-8-9(6)13-14-10(8)12(18)19/h1-3,7,11,15-17H,4-5H2,(H,13,14)(H,18,19). The first-order valence-corrected chi connectivity index (χ1v) is 5.73. The lowest BCUT2D eigenvalue weighted by Crippen LogP contribution is -2.19. The van der Waals surface area contributed by atoms with Crippen LogP contribution in [0.4, 0.5) is 0 Å². The van der Waals surface area contributed by atoms with Gasteiger partial charge in [0.1, 0.15) is 0 Å². The van der Waals surface area contributed by atoms with Crippen LogP contribution in [0.15, 0.2) is 18.2 Å². The SMILES string of the molecule is O=C(O)c1[nH]nc2c(C(CCO)C(O)O)cccc12. The Morgan fingerprint density at radius 3 is 2.68 bits per heavy atom. The van der Waals surface area contributed by atoms with Crippen LogP contribution in [0.3, 0.4) is 0 Å². The molecule has 19 heavy (non-hydrogen) atoms. The normalized spacial score (nSPS) is 13.1. The van der Waals surface area contributed by atoms with Crippen LogP contribution in [0.1, 0.15) is 28.4 Å². The first-order valence-electron chi connectivity index (χ1n) is 5.73. The molecule has 0 bridgehead atoms. The molecule has 1 aromatic carbocycles. The maximum atomic E-state index is 11.0. The van der Waals surface area contributed by atoms with Crippen molar-refractivity contribution in [1.82, 2.24) is 10.2 Å². The van der Waals surface area contributed by atoms with Crippen LogP contribution in [0, 0.1) is 0 Å². The highest BCUT2D eigenvalue weighted by molar-refractivity contribution is 6.01. The molecular formula is C12H14N2O5. The van der Waals surface area contributed by atoms with Gasteiger partial charge in [-0.05, 0) is 12.0 Å². The molecule has 0 fully saturated rings. The first kappa shape index (κ1) is 13.5. The third-order valence-electron chi connectivity index (χ3n) is 3.03. The Hall–Kier alpha value is -1.96. The second kappa shape index (κ2) is 5.35. The van der Waals surface area contributed by atoms with Crippen molar-refractivity contribution in [2.75, 3.05) is 6.61 Å². The van der Waals surface area contributed by atoms with Gasteiger partial charge in [0.15, 0.2) is 12.0 Å². The van der Waals surface area contributed by atoms with Gasteiger partial charge >= 0.3 is 5.97 Å². The van der Waals surface area contributed by atoms with Gasteiger partial charge in [0.05, 0.1) is 5.52 Å². The number of carboxylic acids is 1. The quantitative estimate of drug-likeness (QED) is 0.486. The molecular weight excluding hydrogens is 252 g/mol. The molecule has 1 unspecified atom stereocenters. The second-order valence-electron chi connectivity index (χ2n) is 4.18. The van der Waals surface area contributed by atoms with E-state index in [-0.39, 0.29) is 18.7 Å². The van der Waals surface area contributed by atoms with Crippen molar-refractivity contribution in [3.8, 4) is 0 Å². The van der Waals surface area contributed by atoms with Crippen LogP contribution in [0.2, 0.25) is 0 Å². The Morgan fingerprint density at radius 1 is 1.37 bits per heavy atom. The lowest BCUT2D eigenvalue weighted by Gasteiger charge is -2.18. The number of nitrogens with one attached hydrogen (secondary N) is 1. The van der Waals surface area contributed by atoms with Gasteiger partial charge < -0.3 is 20.4 Å². The number of aromatic carboxylic acids is 1. The minimum Gasteiger partial charge on any atom is -0.477 e. The van der Waals surface area contributed by atoms with E-state index in [9.17, 15) is 15.0 Å². The summed E-state index contributed by atoms with van der Waals surface area (Å²) in [6.07, 6.45) is -1.51. The summed E-state index contributed by atoms with van der Waals surface area (Å²) in [5.74, 6) is -1.86. The molecule has 0 aliphatic rings. The molecule has 0 saturated carbocycles. The Morgan fingerprint density at radius 2 is 2.11 bits per heavy atom. The van der Waals surface area contributed by atoms with Gasteiger partial charge in [-0.3, -0.25) is 5.10 Å². The van der Waals surface area contributed by atoms with Crippen molar-refractivity contribution in [3.05, 3.63) is 29.5 Å². The zero-order valence-electron chi connectivity index (χ0n) is 9.95. The monoisotopic (exact) mass is 266 g/mol. The van der Waals surface area contributed by atoms with E-state index in [2.05, 4.69) is 10.2 Å². The van der Waals surface area contributed by atoms with Crippen molar-refractivity contribution in [2.24, 2.45) is 0 Å². The van der Waals surface area contributed by atoms with Gasteiger partial charge in [-0.2, -0.15) is 5.10 Å². The number of carboxylic acid groups (broad SMARTS) is 1. The minimum atomic E-state index is -1.65. The van der Waals surface area contributed by atoms with Gasteiger partial charge in [-0.15, -0.1) is 0 Å². The van der Waals surface area contributed by atoms with E-state index in [0.29, 0.717) is 16.5 Å². The maximum absolute atomic E-state index is 11.0. The van der Waals surface area contributed by atoms with Crippen molar-refractivity contribution in [1.29, 1.82) is 0 Å². The average Bonchev–Trinajstić information content (AvgIpc) is 2.79. The fourth-order valence-electron chi connectivity index (χ4n) is 2.13. The molecule has 2 aromatic rings. The molecule has 0 radical (unpaired) electrons. The molecule has 1 atom stereocenters. The van der Waals surface area contributed by atoms with Crippen LogP contribution in [0.5, 0.6) is 0 Å². The molecule has 0 aliphatic carbocycles. The molecule has 1 heterocycles. The molecule has 2 rings (SSSR count). The molecule has 102 valence electrons. The zero-order valence-corrected chi connectivity index (χ0v) is 9.95. The lowest BCUT2D eigenvalue weighted by atomic mass is 9.93. The van der Waals surface area contributed by atoms with Gasteiger partial charge in [-0.25, -0.2) is 4.79 Å². The van der Waals surface area contributed by atoms with Crippen molar-refractivity contribution < 1.29 is 25.2 Å². The van der Waals surface area contributed by atoms with E-state index >= 15 is 0 Å². The number of nitrogens with zero attached hydrogens (tertiary/aromatic N) is 1. The Kier molecular flexibility index (Phi) is 3.79. The fourth-order valence-corrected chi connectivity index (χ4v) is 2.13. The summed E-state index contributed by atoms with van der Waals surface area (Å²) in [6, 6.07) is 4.84. The Balaban J connectivity index is 2.57. The summed E-state index contributed by atoms with van der Waals surface area (Å²) in [5.41, 5.74) is 0.809. The highest BCUT2D eigenvalue weighted by atomic mass is 16.5. The Bertz CT molecular complexity index is 593. The summed E-state index contributed by atoms with van der Waals surface area (Å²) in [7, 11) is 0. The summed E-state index contributed by atoms with van der Waals surface area (Å²) < 4.78 is 0. The summed E-state index contributed by atoms with van der Waals surface area (Å²) in [4.78, 5) is 11.0. The van der Waals surface area contributed by atoms with Gasteiger partial charge in [0.2, 0.25) is 0 Å². The molecule has 0 aliphatic heterocycles. The molecule has 0 spiro atoms. The molecule has 5 N–H and O–H groups in total. The Labute approximate surface area is 108 Å². The summed E-state index contributed by atoms with van der Waals surface area (Å²) >= 11 is 0. The predicted octanol–water partition coefficient (Wildman–Crippen LogP) is 0.0378. The van der Waals surface area contributed by atoms with E-state index in [1.807, 2.05) is 0 Å². The van der Waals surface area contributed by atoms with E-state index < -0.39 is 18.2 Å². The molecule has 7 nitrogen and oxygen atoms in total. The number of H-pyrrole nitrogens is 1. The van der Waals surface area contributed by atoms with Gasteiger partial charge in [-0.1, -0.05) is 18.2 Å². The largest absolute Gasteiger partial charge is 0.477 e. The van der Waals surface area contributed by atoms with Crippen molar-refractivity contribution >= 4 is 16.9 Å². The van der Waals surface area contributed by atoms with Crippen LogP contribution < -0.4 is 0 Å². The number of benzene rings is 1. The predicted molar refractivity (Wildman–Crippen MR) is 65.7 cm³/mol. The number of aliphatic hydroxyl groups excluding tert-OH is 2. The van der Waals surface area contributed by atoms with Gasteiger partial charge in [0.25, 0.3) is 0 Å². The molecule has 1 aromatic heterocycles. The lowest BCUT2D eigenvalue weighted by molar-refractivity contribution is -0.0643. The molecule has 0 amide bonds. The maximum Gasteiger partial charge on any atom is 0.354 e. The number of hydrogen-bond acceptors (Lipinski definition) is 5. The highest BCUT2D eigenvalue weighted by Gasteiger charge is 2.23. The molecule has 0 saturated heterocycles. The summed E-state index contributed by atoms with van der Waals surface area (Å²) in [5, 5.41) is 43.4. The third-order valence-corrected chi connectivity index (χ3v) is 3.03.